The van der Waals surface area contributed by atoms with Gasteiger partial charge in [0.15, 0.2) is 0 Å². The highest BCUT2D eigenvalue weighted by molar-refractivity contribution is 9.09. The summed E-state index contributed by atoms with van der Waals surface area (Å²) in [6, 6.07) is 0. The highest BCUT2D eigenvalue weighted by Gasteiger charge is 2.35. The lowest BCUT2D eigenvalue weighted by Gasteiger charge is -2.40. The monoisotopic (exact) mass is 232 g/mol. The van der Waals surface area contributed by atoms with Crippen LogP contribution in [-0.2, 0) is 0 Å². The molecule has 0 N–H and O–H groups in total. The van der Waals surface area contributed by atoms with Gasteiger partial charge in [0.1, 0.15) is 0 Å². The van der Waals surface area contributed by atoms with Gasteiger partial charge in [-0.05, 0) is 24.2 Å². The van der Waals surface area contributed by atoms with Crippen LogP contribution in [0.5, 0.6) is 0 Å². The van der Waals surface area contributed by atoms with Gasteiger partial charge >= 0.3 is 0 Å². The first-order chi connectivity index (χ1) is 5.75. The van der Waals surface area contributed by atoms with Crippen molar-refractivity contribution in [1.29, 1.82) is 0 Å². The molecule has 72 valence electrons. The van der Waals surface area contributed by atoms with Crippen molar-refractivity contribution in [2.24, 2.45) is 11.3 Å². The molecule has 1 aliphatic carbocycles. The van der Waals surface area contributed by atoms with Gasteiger partial charge in [-0.25, -0.2) is 0 Å². The van der Waals surface area contributed by atoms with Crippen molar-refractivity contribution in [2.45, 2.75) is 52.4 Å². The first-order valence-corrected chi connectivity index (χ1v) is 6.43. The molecule has 0 amide bonds. The maximum atomic E-state index is 3.71. The molecule has 0 nitrogen and oxygen atoms in total. The summed E-state index contributed by atoms with van der Waals surface area (Å²) in [6.07, 6.45) is 8.61. The largest absolute Gasteiger partial charge is 0.0922 e. The van der Waals surface area contributed by atoms with E-state index < -0.39 is 0 Å². The highest BCUT2D eigenvalue weighted by Crippen LogP contribution is 2.44. The normalized spacial score (nSPS) is 25.2. The predicted octanol–water partition coefficient (Wildman–Crippen LogP) is 4.38. The zero-order valence-electron chi connectivity index (χ0n) is 8.41. The van der Waals surface area contributed by atoms with E-state index >= 15 is 0 Å². The van der Waals surface area contributed by atoms with Gasteiger partial charge < -0.3 is 0 Å². The van der Waals surface area contributed by atoms with Crippen molar-refractivity contribution in [1.82, 2.24) is 0 Å². The topological polar surface area (TPSA) is 0 Å². The molecular weight excluding hydrogens is 212 g/mol. The molecule has 0 bridgehead atoms. The Labute approximate surface area is 85.3 Å². The minimum atomic E-state index is 0.646. The van der Waals surface area contributed by atoms with Gasteiger partial charge in [0.2, 0.25) is 0 Å². The molecule has 0 radical (unpaired) electrons. The van der Waals surface area contributed by atoms with Crippen LogP contribution in [0.25, 0.3) is 0 Å². The van der Waals surface area contributed by atoms with Crippen LogP contribution < -0.4 is 0 Å². The number of rotatable bonds is 3. The Kier molecular flexibility index (Phi) is 4.09. The summed E-state index contributed by atoms with van der Waals surface area (Å²) < 4.78 is 0. The minimum absolute atomic E-state index is 0.646. The summed E-state index contributed by atoms with van der Waals surface area (Å²) in [5.74, 6) is 0.900. The second-order valence-electron chi connectivity index (χ2n) is 4.37. The fourth-order valence-electron chi connectivity index (χ4n) is 2.45. The summed E-state index contributed by atoms with van der Waals surface area (Å²) in [6.45, 7) is 4.75. The molecular formula is C11H21Br. The Balaban J connectivity index is 2.59. The van der Waals surface area contributed by atoms with E-state index in [0.29, 0.717) is 5.41 Å². The lowest BCUT2D eigenvalue weighted by atomic mass is 9.67. The van der Waals surface area contributed by atoms with Crippen molar-refractivity contribution in [3.05, 3.63) is 0 Å². The van der Waals surface area contributed by atoms with Crippen LogP contribution >= 0.6 is 15.9 Å². The summed E-state index contributed by atoms with van der Waals surface area (Å²) in [4.78, 5) is 0. The molecule has 1 heteroatoms. The third-order valence-electron chi connectivity index (χ3n) is 3.77. The molecule has 12 heavy (non-hydrogen) atoms. The Morgan fingerprint density at radius 3 is 2.25 bits per heavy atom. The van der Waals surface area contributed by atoms with Crippen LogP contribution in [0.15, 0.2) is 0 Å². The van der Waals surface area contributed by atoms with Gasteiger partial charge in [-0.15, -0.1) is 0 Å². The average Bonchev–Trinajstić information content (AvgIpc) is 2.17. The van der Waals surface area contributed by atoms with Crippen molar-refractivity contribution >= 4 is 15.9 Å². The fourth-order valence-corrected chi connectivity index (χ4v) is 3.56. The van der Waals surface area contributed by atoms with Crippen LogP contribution in [0.4, 0.5) is 0 Å². The SMILES string of the molecule is CCC(C)C1(CBr)CCCCC1. The Hall–Kier alpha value is 0.480. The second-order valence-corrected chi connectivity index (χ2v) is 4.93. The number of alkyl halides is 1. The van der Waals surface area contributed by atoms with Crippen LogP contribution in [0.2, 0.25) is 0 Å². The Morgan fingerprint density at radius 1 is 1.25 bits per heavy atom. The van der Waals surface area contributed by atoms with Crippen molar-refractivity contribution in [2.75, 3.05) is 5.33 Å². The molecule has 0 aromatic heterocycles. The molecule has 1 rings (SSSR count). The molecule has 1 fully saturated rings. The Morgan fingerprint density at radius 2 is 1.83 bits per heavy atom. The number of hydrogen-bond acceptors (Lipinski definition) is 0. The number of hydrogen-bond donors (Lipinski definition) is 0. The van der Waals surface area contributed by atoms with E-state index in [9.17, 15) is 0 Å². The average molecular weight is 233 g/mol. The van der Waals surface area contributed by atoms with Gasteiger partial charge in [0.05, 0.1) is 0 Å². The maximum Gasteiger partial charge on any atom is 0.00905 e. The van der Waals surface area contributed by atoms with Crippen LogP contribution in [0, 0.1) is 11.3 Å². The van der Waals surface area contributed by atoms with Gasteiger partial charge in [-0.3, -0.25) is 0 Å². The zero-order chi connectivity index (χ0) is 9.03. The molecule has 1 unspecified atom stereocenters. The number of halogens is 1. The highest BCUT2D eigenvalue weighted by atomic mass is 79.9. The minimum Gasteiger partial charge on any atom is -0.0922 e. The van der Waals surface area contributed by atoms with Crippen molar-refractivity contribution in [3.63, 3.8) is 0 Å². The molecule has 0 heterocycles. The van der Waals surface area contributed by atoms with Gasteiger partial charge in [-0.1, -0.05) is 55.5 Å². The lowest BCUT2D eigenvalue weighted by molar-refractivity contribution is 0.135. The molecule has 0 aromatic carbocycles. The summed E-state index contributed by atoms with van der Waals surface area (Å²) >= 11 is 3.71. The predicted molar refractivity (Wildman–Crippen MR) is 58.8 cm³/mol. The first-order valence-electron chi connectivity index (χ1n) is 5.31. The van der Waals surface area contributed by atoms with Crippen molar-refractivity contribution in [3.8, 4) is 0 Å². The third kappa shape index (κ3) is 2.04. The summed E-state index contributed by atoms with van der Waals surface area (Å²) in [5.41, 5.74) is 0.646. The van der Waals surface area contributed by atoms with Crippen LogP contribution in [-0.4, -0.2) is 5.33 Å². The van der Waals surface area contributed by atoms with Gasteiger partial charge in [0, 0.05) is 5.33 Å². The van der Waals surface area contributed by atoms with Crippen LogP contribution in [0.3, 0.4) is 0 Å². The first kappa shape index (κ1) is 10.6. The fraction of sp³-hybridized carbons (Fsp3) is 1.00. The van der Waals surface area contributed by atoms with E-state index in [1.807, 2.05) is 0 Å². The Bertz CT molecular complexity index is 125. The molecule has 0 spiro atoms. The standard InChI is InChI=1S/C11H21Br/c1-3-10(2)11(9-12)7-5-4-6-8-11/h10H,3-9H2,1-2H3. The second kappa shape index (κ2) is 4.64. The van der Waals surface area contributed by atoms with E-state index in [1.54, 1.807) is 0 Å². The quantitative estimate of drug-likeness (QED) is 0.634. The smallest absolute Gasteiger partial charge is 0.00905 e. The zero-order valence-corrected chi connectivity index (χ0v) is 9.99. The van der Waals surface area contributed by atoms with E-state index in [2.05, 4.69) is 29.8 Å². The lowest BCUT2D eigenvalue weighted by Crippen LogP contribution is -2.32. The molecule has 0 aromatic rings. The maximum absolute atomic E-state index is 3.71. The third-order valence-corrected chi connectivity index (χ3v) is 4.89. The van der Waals surface area contributed by atoms with Gasteiger partial charge in [0.25, 0.3) is 0 Å². The van der Waals surface area contributed by atoms with Crippen molar-refractivity contribution < 1.29 is 0 Å². The van der Waals surface area contributed by atoms with E-state index in [0.717, 1.165) is 5.92 Å². The van der Waals surface area contributed by atoms with E-state index in [1.165, 1.54) is 43.9 Å². The van der Waals surface area contributed by atoms with Gasteiger partial charge in [-0.2, -0.15) is 0 Å². The molecule has 0 aliphatic heterocycles. The van der Waals surface area contributed by atoms with Crippen LogP contribution in [0.1, 0.15) is 52.4 Å². The molecule has 1 saturated carbocycles. The summed E-state index contributed by atoms with van der Waals surface area (Å²) in [7, 11) is 0. The molecule has 0 saturated heterocycles. The summed E-state index contributed by atoms with van der Waals surface area (Å²) in [5, 5.41) is 1.22. The van der Waals surface area contributed by atoms with E-state index in [-0.39, 0.29) is 0 Å². The molecule has 1 atom stereocenters. The molecule has 1 aliphatic rings. The van der Waals surface area contributed by atoms with E-state index in [4.69, 9.17) is 0 Å².